The summed E-state index contributed by atoms with van der Waals surface area (Å²) in [6.07, 6.45) is 3.77. The quantitative estimate of drug-likeness (QED) is 0.682. The molecule has 4 heteroatoms. The first-order valence-corrected chi connectivity index (χ1v) is 8.26. The molecule has 0 aliphatic rings. The maximum atomic E-state index is 5.91. The first-order chi connectivity index (χ1) is 10.2. The zero-order chi connectivity index (χ0) is 14.7. The number of hydrogen-bond acceptors (Lipinski definition) is 4. The number of aromatic nitrogens is 1. The molecule has 0 amide bonds. The maximum absolute atomic E-state index is 5.91. The number of nitrogens with zero attached hydrogens (tertiary/aromatic N) is 1. The van der Waals surface area contributed by atoms with Crippen molar-refractivity contribution < 1.29 is 4.42 Å². The SMILES string of the molecule is CC(C)NCCCc1ncc(-c2csc3ccccc23)o1. The number of rotatable bonds is 6. The van der Waals surface area contributed by atoms with Crippen LogP contribution in [0.4, 0.5) is 0 Å². The van der Waals surface area contributed by atoms with Crippen LogP contribution in [0.1, 0.15) is 26.2 Å². The first kappa shape index (κ1) is 14.3. The van der Waals surface area contributed by atoms with Gasteiger partial charge in [-0.15, -0.1) is 11.3 Å². The van der Waals surface area contributed by atoms with Crippen LogP contribution in [0.5, 0.6) is 0 Å². The van der Waals surface area contributed by atoms with Crippen LogP contribution in [0.25, 0.3) is 21.4 Å². The highest BCUT2D eigenvalue weighted by atomic mass is 32.1. The third kappa shape index (κ3) is 3.34. The lowest BCUT2D eigenvalue weighted by Gasteiger charge is -2.05. The highest BCUT2D eigenvalue weighted by molar-refractivity contribution is 7.17. The van der Waals surface area contributed by atoms with Crippen LogP contribution in [0.2, 0.25) is 0 Å². The van der Waals surface area contributed by atoms with E-state index in [4.69, 9.17) is 4.42 Å². The number of fused-ring (bicyclic) bond motifs is 1. The van der Waals surface area contributed by atoms with Crippen molar-refractivity contribution in [2.75, 3.05) is 6.54 Å². The molecule has 0 atom stereocenters. The standard InChI is InChI=1S/C17H20N2OS/c1-12(2)18-9-5-8-17-19-10-15(20-17)14-11-21-16-7-4-3-6-13(14)16/h3-4,6-7,10-12,18H,5,8-9H2,1-2H3. The van der Waals surface area contributed by atoms with Gasteiger partial charge in [0.15, 0.2) is 11.7 Å². The van der Waals surface area contributed by atoms with E-state index in [1.165, 1.54) is 10.1 Å². The number of hydrogen-bond donors (Lipinski definition) is 1. The normalized spacial score (nSPS) is 11.6. The number of thiophene rings is 1. The Balaban J connectivity index is 1.70. The third-order valence-electron chi connectivity index (χ3n) is 3.42. The molecule has 0 spiro atoms. The van der Waals surface area contributed by atoms with Crippen LogP contribution in [0.3, 0.4) is 0 Å². The Morgan fingerprint density at radius 1 is 1.29 bits per heavy atom. The fourth-order valence-corrected chi connectivity index (χ4v) is 3.30. The molecule has 3 aromatic rings. The summed E-state index contributed by atoms with van der Waals surface area (Å²) in [6.45, 7) is 5.31. The molecule has 0 bridgehead atoms. The lowest BCUT2D eigenvalue weighted by atomic mass is 10.1. The number of nitrogens with one attached hydrogen (secondary N) is 1. The summed E-state index contributed by atoms with van der Waals surface area (Å²) in [7, 11) is 0. The zero-order valence-corrected chi connectivity index (χ0v) is 13.2. The summed E-state index contributed by atoms with van der Waals surface area (Å²) >= 11 is 1.74. The van der Waals surface area contributed by atoms with Crippen LogP contribution < -0.4 is 5.32 Å². The topological polar surface area (TPSA) is 38.1 Å². The molecule has 2 aromatic heterocycles. The van der Waals surface area contributed by atoms with Crippen molar-refractivity contribution in [3.63, 3.8) is 0 Å². The third-order valence-corrected chi connectivity index (χ3v) is 4.38. The molecule has 1 aromatic carbocycles. The van der Waals surface area contributed by atoms with Gasteiger partial charge in [0.25, 0.3) is 0 Å². The molecular weight excluding hydrogens is 280 g/mol. The van der Waals surface area contributed by atoms with Gasteiger partial charge in [-0.1, -0.05) is 32.0 Å². The van der Waals surface area contributed by atoms with Crippen LogP contribution in [0.15, 0.2) is 40.3 Å². The van der Waals surface area contributed by atoms with Crippen molar-refractivity contribution in [3.8, 4) is 11.3 Å². The summed E-state index contributed by atoms with van der Waals surface area (Å²) in [6, 6.07) is 8.93. The number of aryl methyl sites for hydroxylation is 1. The summed E-state index contributed by atoms with van der Waals surface area (Å²) in [4.78, 5) is 4.41. The number of oxazole rings is 1. The molecule has 0 saturated heterocycles. The van der Waals surface area contributed by atoms with Gasteiger partial charge in [-0.3, -0.25) is 0 Å². The van der Waals surface area contributed by atoms with Gasteiger partial charge in [-0.2, -0.15) is 0 Å². The minimum atomic E-state index is 0.530. The van der Waals surface area contributed by atoms with E-state index >= 15 is 0 Å². The lowest BCUT2D eigenvalue weighted by molar-refractivity contribution is 0.484. The highest BCUT2D eigenvalue weighted by Crippen LogP contribution is 2.34. The van der Waals surface area contributed by atoms with E-state index < -0.39 is 0 Å². The molecule has 21 heavy (non-hydrogen) atoms. The predicted molar refractivity (Wildman–Crippen MR) is 88.8 cm³/mol. The lowest BCUT2D eigenvalue weighted by Crippen LogP contribution is -2.23. The van der Waals surface area contributed by atoms with E-state index in [1.807, 2.05) is 6.20 Å². The molecule has 0 aliphatic heterocycles. The van der Waals surface area contributed by atoms with Gasteiger partial charge >= 0.3 is 0 Å². The maximum Gasteiger partial charge on any atom is 0.194 e. The second kappa shape index (κ2) is 6.41. The monoisotopic (exact) mass is 300 g/mol. The fraction of sp³-hybridized carbons (Fsp3) is 0.353. The van der Waals surface area contributed by atoms with Crippen molar-refractivity contribution in [2.45, 2.75) is 32.7 Å². The van der Waals surface area contributed by atoms with E-state index in [0.717, 1.165) is 36.6 Å². The average Bonchev–Trinajstić information content (AvgIpc) is 3.09. The van der Waals surface area contributed by atoms with Gasteiger partial charge in [0.2, 0.25) is 0 Å². The fourth-order valence-electron chi connectivity index (χ4n) is 2.35. The van der Waals surface area contributed by atoms with E-state index in [9.17, 15) is 0 Å². The molecule has 0 unspecified atom stereocenters. The van der Waals surface area contributed by atoms with Gasteiger partial charge in [-0.25, -0.2) is 4.98 Å². The van der Waals surface area contributed by atoms with Crippen LogP contribution in [0, 0.1) is 0 Å². The molecule has 2 heterocycles. The molecular formula is C17H20N2OS. The molecule has 0 fully saturated rings. The zero-order valence-electron chi connectivity index (χ0n) is 12.4. The molecule has 1 N–H and O–H groups in total. The summed E-state index contributed by atoms with van der Waals surface area (Å²) in [5.74, 6) is 1.70. The Labute approximate surface area is 129 Å². The molecule has 3 nitrogen and oxygen atoms in total. The second-order valence-electron chi connectivity index (χ2n) is 5.48. The van der Waals surface area contributed by atoms with Crippen molar-refractivity contribution in [1.29, 1.82) is 0 Å². The second-order valence-corrected chi connectivity index (χ2v) is 6.39. The summed E-state index contributed by atoms with van der Waals surface area (Å²) in [5.41, 5.74) is 1.15. The van der Waals surface area contributed by atoms with Crippen molar-refractivity contribution in [1.82, 2.24) is 10.3 Å². The smallest absolute Gasteiger partial charge is 0.194 e. The molecule has 0 saturated carbocycles. The highest BCUT2D eigenvalue weighted by Gasteiger charge is 2.11. The summed E-state index contributed by atoms with van der Waals surface area (Å²) < 4.78 is 7.19. The molecule has 0 aliphatic carbocycles. The van der Waals surface area contributed by atoms with Gasteiger partial charge < -0.3 is 9.73 Å². The molecule has 0 radical (unpaired) electrons. The molecule has 110 valence electrons. The van der Waals surface area contributed by atoms with Gasteiger partial charge in [-0.05, 0) is 19.0 Å². The largest absolute Gasteiger partial charge is 0.441 e. The Hall–Kier alpha value is -1.65. The molecule has 3 rings (SSSR count). The van der Waals surface area contributed by atoms with E-state index in [-0.39, 0.29) is 0 Å². The predicted octanol–water partition coefficient (Wildman–Crippen LogP) is 4.49. The van der Waals surface area contributed by atoms with Crippen LogP contribution in [-0.4, -0.2) is 17.6 Å². The Kier molecular flexibility index (Phi) is 4.36. The summed E-state index contributed by atoms with van der Waals surface area (Å²) in [5, 5.41) is 6.80. The average molecular weight is 300 g/mol. The van der Waals surface area contributed by atoms with Gasteiger partial charge in [0, 0.05) is 33.5 Å². The van der Waals surface area contributed by atoms with Crippen LogP contribution in [-0.2, 0) is 6.42 Å². The van der Waals surface area contributed by atoms with Crippen molar-refractivity contribution >= 4 is 21.4 Å². The Morgan fingerprint density at radius 2 is 2.14 bits per heavy atom. The number of benzene rings is 1. The van der Waals surface area contributed by atoms with Gasteiger partial charge in [0.1, 0.15) is 0 Å². The minimum Gasteiger partial charge on any atom is -0.441 e. The van der Waals surface area contributed by atoms with Crippen molar-refractivity contribution in [3.05, 3.63) is 41.7 Å². The minimum absolute atomic E-state index is 0.530. The Bertz CT molecular complexity index is 714. The van der Waals surface area contributed by atoms with Crippen LogP contribution >= 0.6 is 11.3 Å². The van der Waals surface area contributed by atoms with E-state index in [0.29, 0.717) is 6.04 Å². The van der Waals surface area contributed by atoms with Gasteiger partial charge in [0.05, 0.1) is 6.20 Å². The first-order valence-electron chi connectivity index (χ1n) is 7.39. The Morgan fingerprint density at radius 3 is 3.00 bits per heavy atom. The van der Waals surface area contributed by atoms with E-state index in [2.05, 4.69) is 53.8 Å². The van der Waals surface area contributed by atoms with Crippen molar-refractivity contribution in [2.24, 2.45) is 0 Å². The van der Waals surface area contributed by atoms with E-state index in [1.54, 1.807) is 11.3 Å².